The van der Waals surface area contributed by atoms with Crippen molar-refractivity contribution < 1.29 is 48.0 Å². The third-order valence-corrected chi connectivity index (χ3v) is 4.04. The highest BCUT2D eigenvalue weighted by Crippen LogP contribution is 2.31. The number of hydrazine groups is 1. The molecule has 1 aromatic rings. The summed E-state index contributed by atoms with van der Waals surface area (Å²) in [6.45, 7) is 16.2. The minimum absolute atomic E-state index is 0.152. The van der Waals surface area contributed by atoms with Crippen LogP contribution in [-0.2, 0) is 25.4 Å². The van der Waals surface area contributed by atoms with Gasteiger partial charge in [-0.05, 0) is 86.9 Å². The highest BCUT2D eigenvalue weighted by molar-refractivity contribution is 5.79. The second kappa shape index (κ2) is 11.7. The highest BCUT2D eigenvalue weighted by Gasteiger charge is 2.35. The van der Waals surface area contributed by atoms with Gasteiger partial charge in [0.1, 0.15) is 22.3 Å². The highest BCUT2D eigenvalue weighted by atomic mass is 16.8. The van der Waals surface area contributed by atoms with Crippen LogP contribution in [0.4, 0.5) is 14.4 Å². The van der Waals surface area contributed by atoms with Gasteiger partial charge in [-0.1, -0.05) is 6.07 Å². The van der Waals surface area contributed by atoms with Crippen LogP contribution in [0.25, 0.3) is 0 Å². The van der Waals surface area contributed by atoms with Crippen molar-refractivity contribution in [1.29, 1.82) is 0 Å². The van der Waals surface area contributed by atoms with E-state index in [2.05, 4.69) is 10.9 Å². The molecule has 0 spiro atoms. The van der Waals surface area contributed by atoms with Gasteiger partial charge in [0.25, 0.3) is 0 Å². The van der Waals surface area contributed by atoms with Gasteiger partial charge in [0.2, 0.25) is 0 Å². The molecule has 1 aromatic carbocycles. The molecule has 0 aromatic heterocycles. The molecule has 1 atom stereocenters. The summed E-state index contributed by atoms with van der Waals surface area (Å²) in [6.07, 6.45) is -3.15. The third-order valence-electron chi connectivity index (χ3n) is 4.04. The minimum Gasteiger partial charge on any atom is -0.480 e. The summed E-state index contributed by atoms with van der Waals surface area (Å²) in [4.78, 5) is 48.5. The number of aliphatic carboxylic acids is 1. The van der Waals surface area contributed by atoms with E-state index >= 15 is 0 Å². The van der Waals surface area contributed by atoms with Crippen LogP contribution in [0.5, 0.6) is 11.5 Å². The molecule has 0 saturated heterocycles. The third kappa shape index (κ3) is 12.3. The van der Waals surface area contributed by atoms with Gasteiger partial charge in [-0.2, -0.15) is 0 Å². The lowest BCUT2D eigenvalue weighted by Gasteiger charge is -2.28. The summed E-state index contributed by atoms with van der Waals surface area (Å²) in [5.74, 6) is -1.64. The maximum Gasteiger partial charge on any atom is 0.514 e. The van der Waals surface area contributed by atoms with Crippen LogP contribution in [0.1, 0.15) is 74.8 Å². The van der Waals surface area contributed by atoms with Gasteiger partial charge in [-0.3, -0.25) is 10.2 Å². The Balaban J connectivity index is 3.23. The van der Waals surface area contributed by atoms with E-state index in [4.69, 9.17) is 23.7 Å². The van der Waals surface area contributed by atoms with Gasteiger partial charge in [0.05, 0.1) is 0 Å². The molecule has 0 aliphatic heterocycles. The normalized spacial score (nSPS) is 13.6. The average Bonchev–Trinajstić information content (AvgIpc) is 2.64. The van der Waals surface area contributed by atoms with Crippen molar-refractivity contribution in [2.45, 2.75) is 98.0 Å². The molecule has 37 heavy (non-hydrogen) atoms. The molecule has 1 amide bonds. The molecule has 208 valence electrons. The first-order chi connectivity index (χ1) is 16.6. The molecule has 1 rings (SSSR count). The fourth-order valence-electron chi connectivity index (χ4n) is 2.62. The Morgan fingerprint density at radius 1 is 0.730 bits per heavy atom. The number of nitrogens with one attached hydrogen (secondary N) is 2. The number of carboxylic acids is 1. The molecule has 0 saturated carbocycles. The van der Waals surface area contributed by atoms with E-state index in [1.807, 2.05) is 0 Å². The van der Waals surface area contributed by atoms with Crippen LogP contribution < -0.4 is 20.3 Å². The second-order valence-electron chi connectivity index (χ2n) is 11.5. The molecule has 12 heteroatoms. The van der Waals surface area contributed by atoms with Crippen molar-refractivity contribution in [3.63, 3.8) is 0 Å². The zero-order valence-electron chi connectivity index (χ0n) is 23.1. The Morgan fingerprint density at radius 2 is 1.19 bits per heavy atom. The summed E-state index contributed by atoms with van der Waals surface area (Å²) in [6, 6.07) is 4.11. The Labute approximate surface area is 216 Å². The number of carboxylic acid groups (broad SMARTS) is 1. The predicted octanol–water partition coefficient (Wildman–Crippen LogP) is 4.73. The fourth-order valence-corrected chi connectivity index (χ4v) is 2.62. The molecule has 0 aliphatic carbocycles. The molecule has 0 radical (unpaired) electrons. The summed E-state index contributed by atoms with van der Waals surface area (Å²) in [5, 5.41) is 9.82. The van der Waals surface area contributed by atoms with Gasteiger partial charge in [0, 0.05) is 6.42 Å². The number of carbonyl (C=O) groups is 4. The summed E-state index contributed by atoms with van der Waals surface area (Å²) < 4.78 is 25.9. The summed E-state index contributed by atoms with van der Waals surface area (Å²) in [7, 11) is 0. The molecule has 0 unspecified atom stereocenters. The van der Waals surface area contributed by atoms with Crippen LogP contribution in [0.15, 0.2) is 18.2 Å². The van der Waals surface area contributed by atoms with Crippen LogP contribution in [0.3, 0.4) is 0 Å². The van der Waals surface area contributed by atoms with E-state index in [0.717, 1.165) is 0 Å². The lowest BCUT2D eigenvalue weighted by atomic mass is 9.93. The Morgan fingerprint density at radius 3 is 1.62 bits per heavy atom. The van der Waals surface area contributed by atoms with Crippen LogP contribution in [0, 0.1) is 0 Å². The molecular weight excluding hydrogens is 488 g/mol. The Kier molecular flexibility index (Phi) is 9.94. The van der Waals surface area contributed by atoms with E-state index < -0.39 is 46.7 Å². The maximum absolute atomic E-state index is 12.3. The van der Waals surface area contributed by atoms with E-state index in [-0.39, 0.29) is 17.9 Å². The molecule has 0 heterocycles. The van der Waals surface area contributed by atoms with E-state index in [1.165, 1.54) is 25.1 Å². The fraction of sp³-hybridized carbons (Fsp3) is 0.600. The zero-order valence-corrected chi connectivity index (χ0v) is 23.1. The largest absolute Gasteiger partial charge is 0.514 e. The molecular formula is C25H38N2O10. The van der Waals surface area contributed by atoms with Gasteiger partial charge in [-0.15, -0.1) is 0 Å². The standard InChI is InChI=1S/C25H38N2O10/c1-22(2,3)35-19(30)26-27-25(10,18(28)29)14-15-11-12-16(33-20(31)36-23(4,5)6)17(13-15)34-21(32)37-24(7,8)9/h11-13,27H,14H2,1-10H3,(H,26,30)(H,28,29)/t25-/m0/s1. The van der Waals surface area contributed by atoms with E-state index in [9.17, 15) is 24.3 Å². The van der Waals surface area contributed by atoms with Crippen molar-refractivity contribution in [2.24, 2.45) is 0 Å². The van der Waals surface area contributed by atoms with Crippen molar-refractivity contribution in [1.82, 2.24) is 10.9 Å². The number of rotatable bonds is 7. The molecule has 3 N–H and O–H groups in total. The van der Waals surface area contributed by atoms with Crippen molar-refractivity contribution in [2.75, 3.05) is 0 Å². The van der Waals surface area contributed by atoms with Crippen LogP contribution >= 0.6 is 0 Å². The average molecular weight is 527 g/mol. The number of hydrogen-bond acceptors (Lipinski definition) is 10. The minimum atomic E-state index is -1.70. The molecule has 12 nitrogen and oxygen atoms in total. The van der Waals surface area contributed by atoms with E-state index in [1.54, 1.807) is 62.3 Å². The van der Waals surface area contributed by atoms with E-state index in [0.29, 0.717) is 5.56 Å². The number of carbonyl (C=O) groups excluding carboxylic acids is 3. The quantitative estimate of drug-likeness (QED) is 0.195. The second-order valence-corrected chi connectivity index (χ2v) is 11.5. The first-order valence-corrected chi connectivity index (χ1v) is 11.5. The summed E-state index contributed by atoms with van der Waals surface area (Å²) >= 11 is 0. The van der Waals surface area contributed by atoms with Gasteiger partial charge < -0.3 is 28.8 Å². The van der Waals surface area contributed by atoms with Crippen molar-refractivity contribution in [3.8, 4) is 11.5 Å². The number of ether oxygens (including phenoxy) is 5. The first kappa shape index (κ1) is 31.5. The number of hydrogen-bond donors (Lipinski definition) is 3. The van der Waals surface area contributed by atoms with Crippen molar-refractivity contribution >= 4 is 24.4 Å². The topological polar surface area (TPSA) is 159 Å². The SMILES string of the molecule is CC(C)(C)OC(=O)NN[C@@](C)(Cc1ccc(OC(=O)OC(C)(C)C)c(OC(=O)OC(C)(C)C)c1)C(=O)O. The monoisotopic (exact) mass is 526 g/mol. The Bertz CT molecular complexity index is 1000. The number of benzene rings is 1. The van der Waals surface area contributed by atoms with Gasteiger partial charge >= 0.3 is 24.4 Å². The molecule has 0 bridgehead atoms. The van der Waals surface area contributed by atoms with Crippen LogP contribution in [0.2, 0.25) is 0 Å². The van der Waals surface area contributed by atoms with Gasteiger partial charge in [-0.25, -0.2) is 19.8 Å². The summed E-state index contributed by atoms with van der Waals surface area (Å²) in [5.41, 5.74) is 0.874. The van der Waals surface area contributed by atoms with Crippen LogP contribution in [-0.4, -0.2) is 51.8 Å². The van der Waals surface area contributed by atoms with Crippen molar-refractivity contribution in [3.05, 3.63) is 23.8 Å². The predicted molar refractivity (Wildman–Crippen MR) is 132 cm³/mol. The number of amides is 1. The smallest absolute Gasteiger partial charge is 0.480 e. The lowest BCUT2D eigenvalue weighted by molar-refractivity contribution is -0.144. The Hall–Kier alpha value is -3.54. The zero-order chi connectivity index (χ0) is 28.8. The molecule has 0 aliphatic rings. The lowest BCUT2D eigenvalue weighted by Crippen LogP contribution is -2.59. The van der Waals surface area contributed by atoms with Gasteiger partial charge in [0.15, 0.2) is 11.5 Å². The molecule has 0 fully saturated rings. The maximum atomic E-state index is 12.3. The first-order valence-electron chi connectivity index (χ1n) is 11.5.